The molecule has 0 N–H and O–H groups in total. The molecule has 0 spiro atoms. The molecular weight excluding hydrogens is 409 g/mol. The van der Waals surface area contributed by atoms with Crippen LogP contribution in [0.15, 0.2) is 78.0 Å². The van der Waals surface area contributed by atoms with E-state index in [0.717, 1.165) is 16.8 Å². The van der Waals surface area contributed by atoms with Gasteiger partial charge in [-0.15, -0.1) is 10.2 Å². The molecule has 29 heavy (non-hydrogen) atoms. The van der Waals surface area contributed by atoms with Crippen LogP contribution < -0.4 is 4.74 Å². The molecule has 4 aromatic rings. The molecule has 0 saturated carbocycles. The highest BCUT2D eigenvalue weighted by Gasteiger charge is 2.20. The quantitative estimate of drug-likeness (QED) is 0.354. The van der Waals surface area contributed by atoms with Gasteiger partial charge >= 0.3 is 0 Å². The fourth-order valence-electron chi connectivity index (χ4n) is 2.99. The van der Waals surface area contributed by atoms with Crippen molar-refractivity contribution in [3.05, 3.63) is 89.2 Å². The smallest absolute Gasteiger partial charge is 0.196 e. The zero-order valence-corrected chi connectivity index (χ0v) is 17.1. The molecule has 146 valence electrons. The van der Waals surface area contributed by atoms with Crippen LogP contribution in [0.4, 0.5) is 4.39 Å². The van der Waals surface area contributed by atoms with Crippen molar-refractivity contribution in [1.29, 1.82) is 0 Å². The summed E-state index contributed by atoms with van der Waals surface area (Å²) in [6.07, 6.45) is 0. The first kappa shape index (κ1) is 19.5. The maximum absolute atomic E-state index is 13.5. The van der Waals surface area contributed by atoms with E-state index < -0.39 is 0 Å². The van der Waals surface area contributed by atoms with Gasteiger partial charge in [-0.2, -0.15) is 0 Å². The highest BCUT2D eigenvalue weighted by molar-refractivity contribution is 7.98. The Balaban J connectivity index is 1.80. The number of aromatic nitrogens is 3. The van der Waals surface area contributed by atoms with E-state index in [2.05, 4.69) is 10.2 Å². The van der Waals surface area contributed by atoms with Crippen LogP contribution in [-0.2, 0) is 5.75 Å². The summed E-state index contributed by atoms with van der Waals surface area (Å²) < 4.78 is 21.0. The standard InChI is InChI=1S/C22H17ClFN3OS/c1-28-20-12-5-4-11-19(20)27-21(17-9-2-3-10-18(17)23)25-26-22(27)29-14-15-7-6-8-16(24)13-15/h2-13H,14H2,1H3. The number of hydrogen-bond donors (Lipinski definition) is 0. The molecule has 0 atom stereocenters. The topological polar surface area (TPSA) is 39.9 Å². The largest absolute Gasteiger partial charge is 0.495 e. The van der Waals surface area contributed by atoms with Crippen LogP contribution in [0.25, 0.3) is 17.1 Å². The number of hydrogen-bond acceptors (Lipinski definition) is 4. The van der Waals surface area contributed by atoms with Crippen molar-refractivity contribution in [3.63, 3.8) is 0 Å². The van der Waals surface area contributed by atoms with Crippen molar-refractivity contribution in [1.82, 2.24) is 14.8 Å². The number of halogens is 2. The number of benzene rings is 3. The average Bonchev–Trinajstić information content (AvgIpc) is 3.16. The zero-order chi connectivity index (χ0) is 20.2. The van der Waals surface area contributed by atoms with Crippen molar-refractivity contribution in [2.45, 2.75) is 10.9 Å². The van der Waals surface area contributed by atoms with Crippen LogP contribution >= 0.6 is 23.4 Å². The SMILES string of the molecule is COc1ccccc1-n1c(SCc2cccc(F)c2)nnc1-c1ccccc1Cl. The van der Waals surface area contributed by atoms with Crippen molar-refractivity contribution < 1.29 is 9.13 Å². The van der Waals surface area contributed by atoms with Crippen LogP contribution in [0.3, 0.4) is 0 Å². The Labute approximate surface area is 177 Å². The minimum atomic E-state index is -0.258. The second-order valence-corrected chi connectivity index (χ2v) is 7.56. The minimum absolute atomic E-state index is 0.258. The molecule has 4 rings (SSSR count). The molecule has 0 aliphatic rings. The molecule has 1 aromatic heterocycles. The lowest BCUT2D eigenvalue weighted by atomic mass is 10.2. The molecule has 0 radical (unpaired) electrons. The second-order valence-electron chi connectivity index (χ2n) is 6.21. The second kappa shape index (κ2) is 8.68. The van der Waals surface area contributed by atoms with E-state index in [4.69, 9.17) is 16.3 Å². The summed E-state index contributed by atoms with van der Waals surface area (Å²) in [6.45, 7) is 0. The van der Waals surface area contributed by atoms with E-state index in [1.807, 2.05) is 59.2 Å². The summed E-state index contributed by atoms with van der Waals surface area (Å²) in [6, 6.07) is 21.7. The zero-order valence-electron chi connectivity index (χ0n) is 15.5. The van der Waals surface area contributed by atoms with Gasteiger partial charge in [0.25, 0.3) is 0 Å². The molecule has 0 saturated heterocycles. The summed E-state index contributed by atoms with van der Waals surface area (Å²) >= 11 is 7.90. The maximum Gasteiger partial charge on any atom is 0.196 e. The Morgan fingerprint density at radius 3 is 2.59 bits per heavy atom. The Bertz CT molecular complexity index is 1150. The van der Waals surface area contributed by atoms with E-state index >= 15 is 0 Å². The third kappa shape index (κ3) is 4.13. The van der Waals surface area contributed by atoms with E-state index in [1.165, 1.54) is 23.9 Å². The van der Waals surface area contributed by atoms with E-state index in [0.29, 0.717) is 27.5 Å². The molecule has 7 heteroatoms. The fraction of sp³-hybridized carbons (Fsp3) is 0.0909. The first-order valence-electron chi connectivity index (χ1n) is 8.88. The third-order valence-electron chi connectivity index (χ3n) is 4.33. The van der Waals surface area contributed by atoms with Gasteiger partial charge in [-0.1, -0.05) is 59.8 Å². The molecule has 3 aromatic carbocycles. The molecule has 0 bridgehead atoms. The molecule has 0 aliphatic heterocycles. The first-order valence-corrected chi connectivity index (χ1v) is 10.2. The summed E-state index contributed by atoms with van der Waals surface area (Å²) in [5.41, 5.74) is 2.44. The molecule has 0 aliphatic carbocycles. The molecule has 0 amide bonds. The van der Waals surface area contributed by atoms with E-state index in [-0.39, 0.29) is 5.82 Å². The molecule has 4 nitrogen and oxygen atoms in total. The van der Waals surface area contributed by atoms with Gasteiger partial charge in [-0.25, -0.2) is 4.39 Å². The van der Waals surface area contributed by atoms with Gasteiger partial charge in [0.1, 0.15) is 11.6 Å². The van der Waals surface area contributed by atoms with Gasteiger partial charge in [0, 0.05) is 11.3 Å². The molecule has 0 unspecified atom stereocenters. The summed E-state index contributed by atoms with van der Waals surface area (Å²) in [5, 5.41) is 10.0. The van der Waals surface area contributed by atoms with E-state index in [9.17, 15) is 4.39 Å². The number of thioether (sulfide) groups is 1. The molecular formula is C22H17ClFN3OS. The highest BCUT2D eigenvalue weighted by Crippen LogP contribution is 2.35. The van der Waals surface area contributed by atoms with Gasteiger partial charge in [-0.05, 0) is 42.0 Å². The van der Waals surface area contributed by atoms with Gasteiger partial charge in [-0.3, -0.25) is 4.57 Å². The van der Waals surface area contributed by atoms with Crippen molar-refractivity contribution >= 4 is 23.4 Å². The average molecular weight is 426 g/mol. The predicted octanol–water partition coefficient (Wildman–Crippen LogP) is 6.03. The monoisotopic (exact) mass is 425 g/mol. The lowest BCUT2D eigenvalue weighted by Gasteiger charge is -2.14. The van der Waals surface area contributed by atoms with Crippen LogP contribution in [0, 0.1) is 5.82 Å². The van der Waals surface area contributed by atoms with Crippen molar-refractivity contribution in [3.8, 4) is 22.8 Å². The maximum atomic E-state index is 13.5. The van der Waals surface area contributed by atoms with Crippen molar-refractivity contribution in [2.75, 3.05) is 7.11 Å². The molecule has 1 heterocycles. The van der Waals surface area contributed by atoms with Gasteiger partial charge in [0.2, 0.25) is 0 Å². The normalized spacial score (nSPS) is 10.9. The predicted molar refractivity (Wildman–Crippen MR) is 114 cm³/mol. The van der Waals surface area contributed by atoms with Crippen LogP contribution in [0.2, 0.25) is 5.02 Å². The van der Waals surface area contributed by atoms with Crippen molar-refractivity contribution in [2.24, 2.45) is 0 Å². The van der Waals surface area contributed by atoms with Gasteiger partial charge in [0.05, 0.1) is 17.8 Å². The molecule has 0 fully saturated rings. The fourth-order valence-corrected chi connectivity index (χ4v) is 4.09. The van der Waals surface area contributed by atoms with Crippen LogP contribution in [0.1, 0.15) is 5.56 Å². The number of ether oxygens (including phenoxy) is 1. The van der Waals surface area contributed by atoms with E-state index in [1.54, 1.807) is 13.2 Å². The first-order chi connectivity index (χ1) is 14.2. The number of para-hydroxylation sites is 2. The lowest BCUT2D eigenvalue weighted by molar-refractivity contribution is 0.412. The van der Waals surface area contributed by atoms with Gasteiger partial charge < -0.3 is 4.74 Å². The number of nitrogens with zero attached hydrogens (tertiary/aromatic N) is 3. The van der Waals surface area contributed by atoms with Crippen LogP contribution in [0.5, 0.6) is 5.75 Å². The minimum Gasteiger partial charge on any atom is -0.495 e. The Kier molecular flexibility index (Phi) is 5.83. The highest BCUT2D eigenvalue weighted by atomic mass is 35.5. The van der Waals surface area contributed by atoms with Crippen LogP contribution in [-0.4, -0.2) is 21.9 Å². The summed E-state index contributed by atoms with van der Waals surface area (Å²) in [7, 11) is 1.62. The Morgan fingerprint density at radius 2 is 1.79 bits per heavy atom. The van der Waals surface area contributed by atoms with Gasteiger partial charge in [0.15, 0.2) is 11.0 Å². The third-order valence-corrected chi connectivity index (χ3v) is 5.66. The lowest BCUT2D eigenvalue weighted by Crippen LogP contribution is -2.02. The Hall–Kier alpha value is -2.83. The summed E-state index contributed by atoms with van der Waals surface area (Å²) in [5.74, 6) is 1.59. The summed E-state index contributed by atoms with van der Waals surface area (Å²) in [4.78, 5) is 0. The number of rotatable bonds is 6. The number of methoxy groups -OCH3 is 1. The Morgan fingerprint density at radius 1 is 1.00 bits per heavy atom.